The lowest BCUT2D eigenvalue weighted by Crippen LogP contribution is -2.47. The number of hydrogen-bond acceptors (Lipinski definition) is 3. The standard InChI is InChI=1S/C9H19N3O2/c1-11(4-2-3-10)9(13)12-5-7-14-8-6-12/h2-8,10H2,1H3. The molecule has 5 nitrogen and oxygen atoms in total. The largest absolute Gasteiger partial charge is 0.378 e. The van der Waals surface area contributed by atoms with Gasteiger partial charge < -0.3 is 20.3 Å². The molecule has 2 amide bonds. The average molecular weight is 201 g/mol. The van der Waals surface area contributed by atoms with Crippen LogP contribution in [0.4, 0.5) is 4.79 Å². The number of morpholine rings is 1. The van der Waals surface area contributed by atoms with Gasteiger partial charge in [-0.15, -0.1) is 0 Å². The van der Waals surface area contributed by atoms with Gasteiger partial charge in [0, 0.05) is 26.7 Å². The van der Waals surface area contributed by atoms with Crippen LogP contribution in [0.2, 0.25) is 0 Å². The Morgan fingerprint density at radius 3 is 2.71 bits per heavy atom. The van der Waals surface area contributed by atoms with Gasteiger partial charge in [-0.1, -0.05) is 0 Å². The molecule has 0 bridgehead atoms. The van der Waals surface area contributed by atoms with E-state index in [4.69, 9.17) is 10.5 Å². The van der Waals surface area contributed by atoms with Gasteiger partial charge in [0.05, 0.1) is 13.2 Å². The third kappa shape index (κ3) is 3.16. The van der Waals surface area contributed by atoms with Crippen LogP contribution < -0.4 is 5.73 Å². The fourth-order valence-corrected chi connectivity index (χ4v) is 1.42. The van der Waals surface area contributed by atoms with Crippen molar-refractivity contribution in [1.82, 2.24) is 9.80 Å². The van der Waals surface area contributed by atoms with Gasteiger partial charge >= 0.3 is 6.03 Å². The summed E-state index contributed by atoms with van der Waals surface area (Å²) in [5.41, 5.74) is 5.38. The second-order valence-electron chi connectivity index (χ2n) is 3.45. The van der Waals surface area contributed by atoms with E-state index in [1.165, 1.54) is 0 Å². The molecule has 1 heterocycles. The highest BCUT2D eigenvalue weighted by Crippen LogP contribution is 2.01. The van der Waals surface area contributed by atoms with Crippen LogP contribution in [-0.4, -0.2) is 62.3 Å². The minimum absolute atomic E-state index is 0.0850. The topological polar surface area (TPSA) is 58.8 Å². The highest BCUT2D eigenvalue weighted by molar-refractivity contribution is 5.74. The first-order valence-electron chi connectivity index (χ1n) is 5.03. The minimum atomic E-state index is 0.0850. The molecule has 0 spiro atoms. The number of amides is 2. The summed E-state index contributed by atoms with van der Waals surface area (Å²) < 4.78 is 5.18. The second-order valence-corrected chi connectivity index (χ2v) is 3.45. The number of ether oxygens (including phenoxy) is 1. The van der Waals surface area contributed by atoms with Crippen LogP contribution in [-0.2, 0) is 4.74 Å². The summed E-state index contributed by atoms with van der Waals surface area (Å²) in [5, 5.41) is 0. The number of urea groups is 1. The summed E-state index contributed by atoms with van der Waals surface area (Å²) in [6, 6.07) is 0.0850. The van der Waals surface area contributed by atoms with Crippen molar-refractivity contribution in [2.75, 3.05) is 46.4 Å². The molecule has 1 saturated heterocycles. The summed E-state index contributed by atoms with van der Waals surface area (Å²) in [5.74, 6) is 0. The SMILES string of the molecule is CN(CCCN)C(=O)N1CCOCC1. The van der Waals surface area contributed by atoms with Gasteiger partial charge in [0.25, 0.3) is 0 Å². The van der Waals surface area contributed by atoms with E-state index in [0.717, 1.165) is 13.0 Å². The molecule has 1 aliphatic rings. The molecular weight excluding hydrogens is 182 g/mol. The van der Waals surface area contributed by atoms with Crippen LogP contribution in [0.15, 0.2) is 0 Å². The van der Waals surface area contributed by atoms with E-state index in [2.05, 4.69) is 0 Å². The third-order valence-corrected chi connectivity index (χ3v) is 2.31. The lowest BCUT2D eigenvalue weighted by Gasteiger charge is -2.30. The first-order chi connectivity index (χ1) is 6.75. The molecule has 0 saturated carbocycles. The van der Waals surface area contributed by atoms with Gasteiger partial charge in [-0.25, -0.2) is 4.79 Å². The van der Waals surface area contributed by atoms with Gasteiger partial charge in [0.15, 0.2) is 0 Å². The van der Waals surface area contributed by atoms with Gasteiger partial charge in [-0.05, 0) is 13.0 Å². The van der Waals surface area contributed by atoms with E-state index in [1.54, 1.807) is 4.90 Å². The quantitative estimate of drug-likeness (QED) is 0.683. The molecule has 5 heteroatoms. The highest BCUT2D eigenvalue weighted by atomic mass is 16.5. The van der Waals surface area contributed by atoms with Crippen LogP contribution in [0.25, 0.3) is 0 Å². The van der Waals surface area contributed by atoms with E-state index in [-0.39, 0.29) is 6.03 Å². The van der Waals surface area contributed by atoms with Crippen molar-refractivity contribution in [2.45, 2.75) is 6.42 Å². The molecule has 1 aliphatic heterocycles. The van der Waals surface area contributed by atoms with Crippen molar-refractivity contribution in [1.29, 1.82) is 0 Å². The Balaban J connectivity index is 2.30. The van der Waals surface area contributed by atoms with Gasteiger partial charge in [0.1, 0.15) is 0 Å². The zero-order valence-corrected chi connectivity index (χ0v) is 8.74. The predicted octanol–water partition coefficient (Wildman–Crippen LogP) is -0.281. The Kier molecular flexibility index (Phi) is 4.69. The van der Waals surface area contributed by atoms with Crippen LogP contribution in [0.1, 0.15) is 6.42 Å². The maximum atomic E-state index is 11.8. The lowest BCUT2D eigenvalue weighted by molar-refractivity contribution is 0.0453. The normalized spacial score (nSPS) is 16.9. The lowest BCUT2D eigenvalue weighted by atomic mass is 10.4. The molecule has 0 atom stereocenters. The Labute approximate surface area is 84.8 Å². The van der Waals surface area contributed by atoms with Crippen molar-refractivity contribution in [2.24, 2.45) is 5.73 Å². The second kappa shape index (κ2) is 5.82. The molecule has 0 aromatic rings. The van der Waals surface area contributed by atoms with E-state index in [0.29, 0.717) is 32.8 Å². The zero-order chi connectivity index (χ0) is 10.4. The van der Waals surface area contributed by atoms with Gasteiger partial charge in [-0.3, -0.25) is 0 Å². The van der Waals surface area contributed by atoms with Gasteiger partial charge in [-0.2, -0.15) is 0 Å². The first-order valence-corrected chi connectivity index (χ1v) is 5.03. The predicted molar refractivity (Wildman–Crippen MR) is 54.1 cm³/mol. The molecule has 0 aromatic carbocycles. The molecule has 0 unspecified atom stereocenters. The fourth-order valence-electron chi connectivity index (χ4n) is 1.42. The highest BCUT2D eigenvalue weighted by Gasteiger charge is 2.19. The zero-order valence-electron chi connectivity index (χ0n) is 8.74. The van der Waals surface area contributed by atoms with E-state index in [1.807, 2.05) is 11.9 Å². The molecule has 0 aromatic heterocycles. The van der Waals surface area contributed by atoms with Crippen molar-refractivity contribution < 1.29 is 9.53 Å². The number of nitrogens with two attached hydrogens (primary N) is 1. The molecule has 1 fully saturated rings. The van der Waals surface area contributed by atoms with E-state index in [9.17, 15) is 4.79 Å². The van der Waals surface area contributed by atoms with Crippen molar-refractivity contribution in [3.8, 4) is 0 Å². The Morgan fingerprint density at radius 1 is 1.50 bits per heavy atom. The molecule has 0 aliphatic carbocycles. The summed E-state index contributed by atoms with van der Waals surface area (Å²) >= 11 is 0. The van der Waals surface area contributed by atoms with Crippen LogP contribution in [0, 0.1) is 0 Å². The first kappa shape index (κ1) is 11.3. The monoisotopic (exact) mass is 201 g/mol. The number of carbonyl (C=O) groups excluding carboxylic acids is 1. The molecule has 2 N–H and O–H groups in total. The Hall–Kier alpha value is -0.810. The fraction of sp³-hybridized carbons (Fsp3) is 0.889. The summed E-state index contributed by atoms with van der Waals surface area (Å²) in [6.45, 7) is 4.05. The van der Waals surface area contributed by atoms with Crippen molar-refractivity contribution in [3.63, 3.8) is 0 Å². The smallest absolute Gasteiger partial charge is 0.319 e. The molecular formula is C9H19N3O2. The minimum Gasteiger partial charge on any atom is -0.378 e. The van der Waals surface area contributed by atoms with Crippen molar-refractivity contribution in [3.05, 3.63) is 0 Å². The van der Waals surface area contributed by atoms with Crippen LogP contribution >= 0.6 is 0 Å². The maximum absolute atomic E-state index is 11.8. The number of rotatable bonds is 3. The maximum Gasteiger partial charge on any atom is 0.319 e. The summed E-state index contributed by atoms with van der Waals surface area (Å²) in [4.78, 5) is 15.3. The van der Waals surface area contributed by atoms with Crippen molar-refractivity contribution >= 4 is 6.03 Å². The molecule has 14 heavy (non-hydrogen) atoms. The van der Waals surface area contributed by atoms with Crippen LogP contribution in [0.3, 0.4) is 0 Å². The summed E-state index contributed by atoms with van der Waals surface area (Å²) in [7, 11) is 1.81. The Bertz CT molecular complexity index is 181. The third-order valence-electron chi connectivity index (χ3n) is 2.31. The number of carbonyl (C=O) groups is 1. The van der Waals surface area contributed by atoms with Gasteiger partial charge in [0.2, 0.25) is 0 Å². The molecule has 0 radical (unpaired) electrons. The van der Waals surface area contributed by atoms with Crippen LogP contribution in [0.5, 0.6) is 0 Å². The molecule has 82 valence electrons. The summed E-state index contributed by atoms with van der Waals surface area (Å²) in [6.07, 6.45) is 0.854. The van der Waals surface area contributed by atoms with E-state index >= 15 is 0 Å². The number of hydrogen-bond donors (Lipinski definition) is 1. The number of nitrogens with zero attached hydrogens (tertiary/aromatic N) is 2. The van der Waals surface area contributed by atoms with E-state index < -0.39 is 0 Å². The Morgan fingerprint density at radius 2 is 2.14 bits per heavy atom. The molecule has 1 rings (SSSR count). The average Bonchev–Trinajstić information content (AvgIpc) is 2.26.